The Morgan fingerprint density at radius 1 is 0.769 bits per heavy atom. The number of unbranched alkanes of at least 4 members (excludes halogenated alkanes) is 4. The summed E-state index contributed by atoms with van der Waals surface area (Å²) < 4.78 is 0. The third-order valence-electron chi connectivity index (χ3n) is 4.16. The lowest BCUT2D eigenvalue weighted by atomic mass is 10.0. The molecule has 0 saturated carbocycles. The van der Waals surface area contributed by atoms with E-state index in [9.17, 15) is 14.7 Å². The number of phenolic OH excluding ortho intramolecular Hbond substituents is 1. The van der Waals surface area contributed by atoms with Gasteiger partial charge in [-0.2, -0.15) is 0 Å². The van der Waals surface area contributed by atoms with Crippen LogP contribution in [0.2, 0.25) is 0 Å². The largest absolute Gasteiger partial charge is 0.508 e. The number of hydrogen-bond acceptors (Lipinski definition) is 3. The maximum atomic E-state index is 11.8. The monoisotopic (exact) mass is 354 g/mol. The highest BCUT2D eigenvalue weighted by molar-refractivity contribution is 5.95. The summed E-state index contributed by atoms with van der Waals surface area (Å²) in [7, 11) is 0. The molecule has 0 aliphatic heterocycles. The Labute approximate surface area is 154 Å². The van der Waals surface area contributed by atoms with Crippen molar-refractivity contribution in [2.75, 3.05) is 0 Å². The van der Waals surface area contributed by atoms with Crippen molar-refractivity contribution in [3.05, 3.63) is 65.7 Å². The van der Waals surface area contributed by atoms with Crippen LogP contribution in [-0.4, -0.2) is 16.9 Å². The first-order valence-electron chi connectivity index (χ1n) is 9.07. The smallest absolute Gasteiger partial charge is 0.269 e. The van der Waals surface area contributed by atoms with Gasteiger partial charge in [0, 0.05) is 12.0 Å². The Morgan fingerprint density at radius 3 is 2.15 bits per heavy atom. The van der Waals surface area contributed by atoms with Gasteiger partial charge in [-0.1, -0.05) is 49.6 Å². The Kier molecular flexibility index (Phi) is 8.19. The standard InChI is InChI=1S/C21H26N2O3/c24-19-15-13-18(14-16-19)21(26)23-22-20(25)12-8-3-1-2-5-9-17-10-6-4-7-11-17/h4,6-7,10-11,13-16,24H,1-3,5,8-9,12H2,(H,22,25)(H,23,26). The average molecular weight is 354 g/mol. The summed E-state index contributed by atoms with van der Waals surface area (Å²) in [5.41, 5.74) is 6.54. The van der Waals surface area contributed by atoms with Crippen molar-refractivity contribution in [2.45, 2.75) is 44.9 Å². The van der Waals surface area contributed by atoms with Crippen molar-refractivity contribution < 1.29 is 14.7 Å². The fourth-order valence-electron chi connectivity index (χ4n) is 2.66. The summed E-state index contributed by atoms with van der Waals surface area (Å²) in [6, 6.07) is 16.3. The van der Waals surface area contributed by atoms with Crippen LogP contribution in [0, 0.1) is 0 Å². The summed E-state index contributed by atoms with van der Waals surface area (Å²) in [6.45, 7) is 0. The van der Waals surface area contributed by atoms with Crippen molar-refractivity contribution in [3.63, 3.8) is 0 Å². The van der Waals surface area contributed by atoms with Crippen LogP contribution in [0.15, 0.2) is 54.6 Å². The molecule has 2 aromatic carbocycles. The molecule has 2 amide bonds. The quantitative estimate of drug-likeness (QED) is 0.474. The summed E-state index contributed by atoms with van der Waals surface area (Å²) in [4.78, 5) is 23.6. The number of phenols is 1. The highest BCUT2D eigenvalue weighted by atomic mass is 16.3. The van der Waals surface area contributed by atoms with Gasteiger partial charge in [0.05, 0.1) is 0 Å². The lowest BCUT2D eigenvalue weighted by Crippen LogP contribution is -2.41. The summed E-state index contributed by atoms with van der Waals surface area (Å²) >= 11 is 0. The van der Waals surface area contributed by atoms with Crippen LogP contribution in [0.5, 0.6) is 5.75 Å². The fraction of sp³-hybridized carbons (Fsp3) is 0.333. The van der Waals surface area contributed by atoms with Crippen molar-refractivity contribution >= 4 is 11.8 Å². The molecule has 0 aliphatic rings. The van der Waals surface area contributed by atoms with Gasteiger partial charge in [-0.25, -0.2) is 0 Å². The van der Waals surface area contributed by atoms with E-state index >= 15 is 0 Å². The zero-order chi connectivity index (χ0) is 18.6. The van der Waals surface area contributed by atoms with Crippen LogP contribution in [0.4, 0.5) is 0 Å². The molecule has 0 heterocycles. The highest BCUT2D eigenvalue weighted by Crippen LogP contribution is 2.10. The number of carbonyl (C=O) groups is 2. The maximum Gasteiger partial charge on any atom is 0.269 e. The van der Waals surface area contributed by atoms with E-state index in [4.69, 9.17) is 0 Å². The van der Waals surface area contributed by atoms with Gasteiger partial charge in [0.25, 0.3) is 5.91 Å². The van der Waals surface area contributed by atoms with Crippen LogP contribution < -0.4 is 10.9 Å². The van der Waals surface area contributed by atoms with Gasteiger partial charge in [0.2, 0.25) is 5.91 Å². The van der Waals surface area contributed by atoms with E-state index in [1.807, 2.05) is 6.07 Å². The molecule has 0 unspecified atom stereocenters. The molecule has 5 nitrogen and oxygen atoms in total. The zero-order valence-corrected chi connectivity index (χ0v) is 14.9. The van der Waals surface area contributed by atoms with Gasteiger partial charge in [-0.3, -0.25) is 20.4 Å². The highest BCUT2D eigenvalue weighted by Gasteiger charge is 2.07. The number of aryl methyl sites for hydroxylation is 1. The molecule has 138 valence electrons. The predicted octanol–water partition coefficient (Wildman–Crippen LogP) is 3.74. The molecule has 0 spiro atoms. The van der Waals surface area contributed by atoms with Crippen molar-refractivity contribution in [1.82, 2.24) is 10.9 Å². The lowest BCUT2D eigenvalue weighted by Gasteiger charge is -2.07. The van der Waals surface area contributed by atoms with Crippen molar-refractivity contribution in [3.8, 4) is 5.75 Å². The first-order valence-corrected chi connectivity index (χ1v) is 9.07. The molecular formula is C21H26N2O3. The molecule has 3 N–H and O–H groups in total. The van der Waals surface area contributed by atoms with E-state index in [0.29, 0.717) is 12.0 Å². The van der Waals surface area contributed by atoms with E-state index in [1.54, 1.807) is 0 Å². The zero-order valence-electron chi connectivity index (χ0n) is 14.9. The Bertz CT molecular complexity index is 684. The molecule has 26 heavy (non-hydrogen) atoms. The topological polar surface area (TPSA) is 78.4 Å². The predicted molar refractivity (Wildman–Crippen MR) is 102 cm³/mol. The van der Waals surface area contributed by atoms with Crippen LogP contribution >= 0.6 is 0 Å². The minimum atomic E-state index is -0.403. The molecule has 0 aliphatic carbocycles. The summed E-state index contributed by atoms with van der Waals surface area (Å²) in [6.07, 6.45) is 6.76. The second kappa shape index (κ2) is 10.9. The third-order valence-corrected chi connectivity index (χ3v) is 4.16. The molecule has 0 atom stereocenters. The number of aromatic hydroxyl groups is 1. The van der Waals surface area contributed by atoms with Gasteiger partial charge in [0.1, 0.15) is 5.75 Å². The Morgan fingerprint density at radius 2 is 1.42 bits per heavy atom. The number of benzene rings is 2. The summed E-state index contributed by atoms with van der Waals surface area (Å²) in [5.74, 6) is -0.505. The second-order valence-electron chi connectivity index (χ2n) is 6.30. The maximum absolute atomic E-state index is 11.8. The minimum absolute atomic E-state index is 0.0920. The number of nitrogens with one attached hydrogen (secondary N) is 2. The van der Waals surface area contributed by atoms with Gasteiger partial charge in [-0.15, -0.1) is 0 Å². The number of hydrogen-bond donors (Lipinski definition) is 3. The second-order valence-corrected chi connectivity index (χ2v) is 6.30. The molecule has 2 aromatic rings. The van der Waals surface area contributed by atoms with E-state index in [0.717, 1.165) is 32.1 Å². The number of amides is 2. The van der Waals surface area contributed by atoms with Gasteiger partial charge in [0.15, 0.2) is 0 Å². The molecule has 5 heteroatoms. The minimum Gasteiger partial charge on any atom is -0.508 e. The molecule has 0 saturated heterocycles. The molecule has 0 bridgehead atoms. The van der Waals surface area contributed by atoms with Gasteiger partial charge in [-0.05, 0) is 49.1 Å². The van der Waals surface area contributed by atoms with Crippen molar-refractivity contribution in [1.29, 1.82) is 0 Å². The molecule has 0 aromatic heterocycles. The molecule has 0 radical (unpaired) electrons. The normalized spacial score (nSPS) is 10.3. The summed E-state index contributed by atoms with van der Waals surface area (Å²) in [5, 5.41) is 9.19. The SMILES string of the molecule is O=C(CCCCCCCc1ccccc1)NNC(=O)c1ccc(O)cc1. The first kappa shape index (κ1) is 19.5. The number of hydrazine groups is 1. The van der Waals surface area contributed by atoms with Crippen LogP contribution in [0.3, 0.4) is 0 Å². The fourth-order valence-corrected chi connectivity index (χ4v) is 2.66. The number of carbonyl (C=O) groups excluding carboxylic acids is 2. The Hall–Kier alpha value is -2.82. The first-order chi connectivity index (χ1) is 12.6. The molecule has 0 fully saturated rings. The van der Waals surface area contributed by atoms with Crippen LogP contribution in [0.25, 0.3) is 0 Å². The number of rotatable bonds is 9. The van der Waals surface area contributed by atoms with Crippen LogP contribution in [-0.2, 0) is 11.2 Å². The van der Waals surface area contributed by atoms with Crippen molar-refractivity contribution in [2.24, 2.45) is 0 Å². The Balaban J connectivity index is 1.49. The third kappa shape index (κ3) is 7.38. The van der Waals surface area contributed by atoms with Gasteiger partial charge >= 0.3 is 0 Å². The van der Waals surface area contributed by atoms with E-state index in [-0.39, 0.29) is 11.7 Å². The molecule has 2 rings (SSSR count). The van der Waals surface area contributed by atoms with E-state index < -0.39 is 5.91 Å². The average Bonchev–Trinajstić information content (AvgIpc) is 2.66. The van der Waals surface area contributed by atoms with E-state index in [1.165, 1.54) is 36.2 Å². The van der Waals surface area contributed by atoms with Gasteiger partial charge < -0.3 is 5.11 Å². The van der Waals surface area contributed by atoms with E-state index in [2.05, 4.69) is 35.1 Å². The molecular weight excluding hydrogens is 328 g/mol. The lowest BCUT2D eigenvalue weighted by molar-refractivity contribution is -0.122. The van der Waals surface area contributed by atoms with Crippen LogP contribution in [0.1, 0.15) is 54.4 Å².